The summed E-state index contributed by atoms with van der Waals surface area (Å²) in [6.07, 6.45) is 18.8. The fourth-order valence-corrected chi connectivity index (χ4v) is 6.38. The average Bonchev–Trinajstić information content (AvgIpc) is 2.88. The van der Waals surface area contributed by atoms with E-state index in [2.05, 4.69) is 18.9 Å². The Morgan fingerprint density at radius 3 is 2.87 bits per heavy atom. The van der Waals surface area contributed by atoms with Gasteiger partial charge in [0.15, 0.2) is 5.78 Å². The molecule has 0 heterocycles. The third-order valence-corrected chi connectivity index (χ3v) is 7.54. The van der Waals surface area contributed by atoms with Crippen molar-refractivity contribution in [2.45, 2.75) is 57.5 Å². The van der Waals surface area contributed by atoms with E-state index in [0.717, 1.165) is 38.5 Å². The SMILES string of the molecule is C#C[C@@]1(O)C=C[C@H]2[C@H]3CCC4=CC(=O)CC[C@H]4[C@@H]3CC[C@]21CC. The average molecular weight is 310 g/mol. The Morgan fingerprint density at radius 2 is 2.13 bits per heavy atom. The largest absolute Gasteiger partial charge is 0.373 e. The number of rotatable bonds is 1. The van der Waals surface area contributed by atoms with Gasteiger partial charge >= 0.3 is 0 Å². The molecular weight excluding hydrogens is 284 g/mol. The molecule has 0 amide bonds. The number of hydrogen-bond acceptors (Lipinski definition) is 2. The molecule has 6 atom stereocenters. The molecule has 0 aromatic rings. The number of aliphatic hydroxyl groups is 1. The highest BCUT2D eigenvalue weighted by atomic mass is 16.3. The molecule has 2 heteroatoms. The summed E-state index contributed by atoms with van der Waals surface area (Å²) in [5, 5.41) is 11.0. The Hall–Kier alpha value is -1.33. The molecule has 2 saturated carbocycles. The van der Waals surface area contributed by atoms with Crippen LogP contribution in [0.15, 0.2) is 23.8 Å². The van der Waals surface area contributed by atoms with Crippen molar-refractivity contribution < 1.29 is 9.90 Å². The van der Waals surface area contributed by atoms with Crippen LogP contribution in [0.3, 0.4) is 0 Å². The zero-order valence-electron chi connectivity index (χ0n) is 13.9. The first kappa shape index (κ1) is 15.2. The fraction of sp³-hybridized carbons (Fsp3) is 0.667. The van der Waals surface area contributed by atoms with Crippen molar-refractivity contribution in [3.05, 3.63) is 23.8 Å². The molecule has 0 bridgehead atoms. The van der Waals surface area contributed by atoms with Crippen LogP contribution in [0.1, 0.15) is 51.9 Å². The highest BCUT2D eigenvalue weighted by molar-refractivity contribution is 5.91. The molecule has 2 fully saturated rings. The van der Waals surface area contributed by atoms with E-state index >= 15 is 0 Å². The van der Waals surface area contributed by atoms with Crippen LogP contribution in [0.2, 0.25) is 0 Å². The monoisotopic (exact) mass is 310 g/mol. The van der Waals surface area contributed by atoms with Crippen molar-refractivity contribution >= 4 is 5.78 Å². The van der Waals surface area contributed by atoms with Crippen LogP contribution >= 0.6 is 0 Å². The number of allylic oxidation sites excluding steroid dienone is 3. The minimum Gasteiger partial charge on any atom is -0.373 e. The number of carbonyl (C=O) groups is 1. The third kappa shape index (κ3) is 1.89. The van der Waals surface area contributed by atoms with Gasteiger partial charge < -0.3 is 5.11 Å². The van der Waals surface area contributed by atoms with Crippen molar-refractivity contribution in [3.63, 3.8) is 0 Å². The predicted molar refractivity (Wildman–Crippen MR) is 90.4 cm³/mol. The smallest absolute Gasteiger partial charge is 0.155 e. The van der Waals surface area contributed by atoms with Gasteiger partial charge in [0.1, 0.15) is 5.60 Å². The maximum absolute atomic E-state index is 11.7. The highest BCUT2D eigenvalue weighted by Gasteiger charge is 2.61. The van der Waals surface area contributed by atoms with Crippen molar-refractivity contribution in [1.29, 1.82) is 0 Å². The van der Waals surface area contributed by atoms with E-state index < -0.39 is 5.60 Å². The minimum atomic E-state index is -1.07. The van der Waals surface area contributed by atoms with Gasteiger partial charge in [-0.3, -0.25) is 4.79 Å². The van der Waals surface area contributed by atoms with Crippen LogP contribution < -0.4 is 0 Å². The van der Waals surface area contributed by atoms with Crippen LogP contribution in [-0.2, 0) is 4.79 Å². The zero-order valence-corrected chi connectivity index (χ0v) is 13.9. The molecule has 0 radical (unpaired) electrons. The molecule has 4 rings (SSSR count). The fourth-order valence-electron chi connectivity index (χ4n) is 6.38. The van der Waals surface area contributed by atoms with Gasteiger partial charge in [-0.25, -0.2) is 0 Å². The molecule has 4 aliphatic carbocycles. The van der Waals surface area contributed by atoms with E-state index in [-0.39, 0.29) is 5.41 Å². The molecular formula is C21H26O2. The summed E-state index contributed by atoms with van der Waals surface area (Å²) in [5.74, 6) is 5.28. The van der Waals surface area contributed by atoms with Gasteiger partial charge in [0.25, 0.3) is 0 Å². The highest BCUT2D eigenvalue weighted by Crippen LogP contribution is 2.63. The standard InChI is InChI=1S/C21H26O2/c1-3-20-11-9-17-16-8-6-15(22)13-14(16)5-7-18(17)19(20)10-12-21(20,23)4-2/h2,10,12-13,16-19,23H,3,5-9,11H2,1H3/t16-,17+,18+,19+,20-,21-/m1/s1. The van der Waals surface area contributed by atoms with Crippen molar-refractivity contribution in [3.8, 4) is 12.3 Å². The van der Waals surface area contributed by atoms with Gasteiger partial charge in [-0.05, 0) is 74.3 Å². The van der Waals surface area contributed by atoms with Crippen molar-refractivity contribution in [2.75, 3.05) is 0 Å². The van der Waals surface area contributed by atoms with Gasteiger partial charge in [-0.15, -0.1) is 6.42 Å². The lowest BCUT2D eigenvalue weighted by molar-refractivity contribution is -0.116. The number of ketones is 1. The second-order valence-corrected chi connectivity index (χ2v) is 8.04. The first-order valence-corrected chi connectivity index (χ1v) is 9.17. The van der Waals surface area contributed by atoms with Crippen LogP contribution in [0.4, 0.5) is 0 Å². The molecule has 0 aromatic carbocycles. The second-order valence-electron chi connectivity index (χ2n) is 8.04. The van der Waals surface area contributed by atoms with Gasteiger partial charge in [0.05, 0.1) is 0 Å². The van der Waals surface area contributed by atoms with Crippen molar-refractivity contribution in [2.24, 2.45) is 29.1 Å². The minimum absolute atomic E-state index is 0.172. The molecule has 0 saturated heterocycles. The summed E-state index contributed by atoms with van der Waals surface area (Å²) in [6.45, 7) is 2.18. The normalized spacial score (nSPS) is 48.0. The Kier molecular flexibility index (Phi) is 3.36. The van der Waals surface area contributed by atoms with E-state index in [1.54, 1.807) is 0 Å². The van der Waals surface area contributed by atoms with E-state index in [4.69, 9.17) is 6.42 Å². The van der Waals surface area contributed by atoms with Gasteiger partial charge in [0, 0.05) is 11.8 Å². The van der Waals surface area contributed by atoms with Crippen molar-refractivity contribution in [1.82, 2.24) is 0 Å². The second kappa shape index (κ2) is 5.08. The predicted octanol–water partition coefficient (Wildman–Crippen LogP) is 3.66. The number of fused-ring (bicyclic) bond motifs is 5. The van der Waals surface area contributed by atoms with Crippen LogP contribution in [-0.4, -0.2) is 16.5 Å². The Bertz CT molecular complexity index is 637. The first-order valence-electron chi connectivity index (χ1n) is 9.17. The molecule has 4 aliphatic rings. The Balaban J connectivity index is 1.69. The zero-order chi connectivity index (χ0) is 16.2. The number of terminal acetylenes is 1. The molecule has 0 spiro atoms. The van der Waals surface area contributed by atoms with Crippen LogP contribution in [0.25, 0.3) is 0 Å². The van der Waals surface area contributed by atoms with Crippen LogP contribution in [0, 0.1) is 41.4 Å². The molecule has 0 unspecified atom stereocenters. The summed E-state index contributed by atoms with van der Waals surface area (Å²) < 4.78 is 0. The topological polar surface area (TPSA) is 37.3 Å². The summed E-state index contributed by atoms with van der Waals surface area (Å²) in [4.78, 5) is 11.7. The first-order chi connectivity index (χ1) is 11.0. The number of hydrogen-bond donors (Lipinski definition) is 1. The maximum Gasteiger partial charge on any atom is 0.155 e. The molecule has 0 aromatic heterocycles. The van der Waals surface area contributed by atoms with E-state index in [1.165, 1.54) is 5.57 Å². The Labute approximate surface area is 139 Å². The lowest BCUT2D eigenvalue weighted by Gasteiger charge is -2.55. The summed E-state index contributed by atoms with van der Waals surface area (Å²) in [7, 11) is 0. The van der Waals surface area contributed by atoms with Gasteiger partial charge in [-0.2, -0.15) is 0 Å². The quantitative estimate of drug-likeness (QED) is 0.593. The molecule has 23 heavy (non-hydrogen) atoms. The van der Waals surface area contributed by atoms with E-state index in [9.17, 15) is 9.90 Å². The van der Waals surface area contributed by atoms with Crippen LogP contribution in [0.5, 0.6) is 0 Å². The molecule has 0 aliphatic heterocycles. The number of carbonyl (C=O) groups excluding carboxylic acids is 1. The lowest BCUT2D eigenvalue weighted by Crippen LogP contribution is -2.54. The Morgan fingerprint density at radius 1 is 1.30 bits per heavy atom. The van der Waals surface area contributed by atoms with E-state index in [1.807, 2.05) is 12.2 Å². The molecule has 1 N–H and O–H groups in total. The molecule has 2 nitrogen and oxygen atoms in total. The van der Waals surface area contributed by atoms with Gasteiger partial charge in [-0.1, -0.05) is 24.5 Å². The van der Waals surface area contributed by atoms with Gasteiger partial charge in [0.2, 0.25) is 0 Å². The summed E-state index contributed by atoms with van der Waals surface area (Å²) >= 11 is 0. The molecule has 122 valence electrons. The van der Waals surface area contributed by atoms with E-state index in [0.29, 0.717) is 35.9 Å². The maximum atomic E-state index is 11.7. The third-order valence-electron chi connectivity index (χ3n) is 7.54. The summed E-state index contributed by atoms with van der Waals surface area (Å²) in [6, 6.07) is 0. The lowest BCUT2D eigenvalue weighted by atomic mass is 9.49. The summed E-state index contributed by atoms with van der Waals surface area (Å²) in [5.41, 5.74) is 0.158.